The highest BCUT2D eigenvalue weighted by atomic mass is 16.3. The summed E-state index contributed by atoms with van der Waals surface area (Å²) in [5, 5.41) is 23.1. The van der Waals surface area contributed by atoms with Gasteiger partial charge in [0.15, 0.2) is 5.82 Å². The summed E-state index contributed by atoms with van der Waals surface area (Å²) in [6, 6.07) is 24.1. The number of para-hydroxylation sites is 1. The molecule has 0 radical (unpaired) electrons. The van der Waals surface area contributed by atoms with Gasteiger partial charge in [0.25, 0.3) is 0 Å². The van der Waals surface area contributed by atoms with Gasteiger partial charge < -0.3 is 5.11 Å². The van der Waals surface area contributed by atoms with Gasteiger partial charge in [-0.15, -0.1) is 5.10 Å². The van der Waals surface area contributed by atoms with Gasteiger partial charge in [0, 0.05) is 32.7 Å². The number of aromatic hydroxyl groups is 1. The number of aromatic nitrogens is 4. The molecule has 3 aromatic carbocycles. The Balaban J connectivity index is 1.43. The smallest absolute Gasteiger partial charge is 0.175 e. The van der Waals surface area contributed by atoms with Crippen LogP contribution in [0.4, 0.5) is 0 Å². The molecular weight excluding hydrogens is 448 g/mol. The van der Waals surface area contributed by atoms with E-state index in [0.29, 0.717) is 6.54 Å². The number of phenols is 1. The van der Waals surface area contributed by atoms with Crippen molar-refractivity contribution in [1.29, 1.82) is 0 Å². The zero-order valence-electron chi connectivity index (χ0n) is 20.8. The lowest BCUT2D eigenvalue weighted by atomic mass is 10.1. The molecule has 4 aromatic rings. The summed E-state index contributed by atoms with van der Waals surface area (Å²) in [6.45, 7) is 8.39. The van der Waals surface area contributed by atoms with Crippen LogP contribution in [-0.4, -0.2) is 61.3 Å². The third-order valence-electron chi connectivity index (χ3n) is 6.79. The summed E-state index contributed by atoms with van der Waals surface area (Å²) < 4.78 is 1.91. The van der Waals surface area contributed by atoms with Crippen molar-refractivity contribution in [3.8, 4) is 11.4 Å². The lowest BCUT2D eigenvalue weighted by Crippen LogP contribution is -2.48. The van der Waals surface area contributed by atoms with Gasteiger partial charge in [-0.25, -0.2) is 0 Å². The first-order valence-corrected chi connectivity index (χ1v) is 12.4. The molecule has 7 heteroatoms. The molecule has 0 spiro atoms. The van der Waals surface area contributed by atoms with E-state index in [1.54, 1.807) is 6.07 Å². The van der Waals surface area contributed by atoms with Gasteiger partial charge in [-0.05, 0) is 58.7 Å². The maximum Gasteiger partial charge on any atom is 0.175 e. The van der Waals surface area contributed by atoms with E-state index < -0.39 is 0 Å². The lowest BCUT2D eigenvalue weighted by Gasteiger charge is -2.40. The number of piperazine rings is 1. The molecule has 0 bridgehead atoms. The van der Waals surface area contributed by atoms with Gasteiger partial charge in [-0.3, -0.25) is 9.80 Å². The number of rotatable bonds is 7. The molecule has 1 aromatic heterocycles. The number of benzene rings is 3. The second-order valence-electron chi connectivity index (χ2n) is 9.42. The Morgan fingerprint density at radius 3 is 2.50 bits per heavy atom. The van der Waals surface area contributed by atoms with Crippen molar-refractivity contribution in [2.24, 2.45) is 0 Å². The van der Waals surface area contributed by atoms with Gasteiger partial charge in [0.2, 0.25) is 0 Å². The Bertz CT molecular complexity index is 1310. The van der Waals surface area contributed by atoms with Crippen molar-refractivity contribution >= 4 is 6.08 Å². The number of aryl methyl sites for hydroxylation is 2. The Morgan fingerprint density at radius 2 is 1.72 bits per heavy atom. The summed E-state index contributed by atoms with van der Waals surface area (Å²) in [6.07, 6.45) is 4.40. The highest BCUT2D eigenvalue weighted by Gasteiger charge is 2.32. The Labute approximate surface area is 212 Å². The molecule has 184 valence electrons. The second kappa shape index (κ2) is 10.8. The number of tetrazole rings is 1. The molecule has 0 aliphatic carbocycles. The molecule has 1 atom stereocenters. The molecule has 1 aliphatic rings. The van der Waals surface area contributed by atoms with E-state index in [1.807, 2.05) is 22.9 Å². The number of hydrogen-bond acceptors (Lipinski definition) is 6. The van der Waals surface area contributed by atoms with Crippen LogP contribution < -0.4 is 0 Å². The van der Waals surface area contributed by atoms with E-state index in [-0.39, 0.29) is 11.8 Å². The van der Waals surface area contributed by atoms with E-state index in [4.69, 9.17) is 0 Å². The molecule has 0 amide bonds. The largest absolute Gasteiger partial charge is 0.508 e. The Morgan fingerprint density at radius 1 is 0.944 bits per heavy atom. The van der Waals surface area contributed by atoms with E-state index in [0.717, 1.165) is 54.4 Å². The van der Waals surface area contributed by atoms with Crippen molar-refractivity contribution < 1.29 is 5.11 Å². The molecule has 0 saturated carbocycles. The zero-order chi connectivity index (χ0) is 24.9. The van der Waals surface area contributed by atoms with E-state index in [2.05, 4.69) is 99.9 Å². The number of phenolic OH excluding ortho intramolecular Hbond substituents is 1. The molecule has 7 nitrogen and oxygen atoms in total. The van der Waals surface area contributed by atoms with E-state index in [9.17, 15) is 5.11 Å². The van der Waals surface area contributed by atoms with E-state index >= 15 is 0 Å². The second-order valence-corrected chi connectivity index (χ2v) is 9.42. The van der Waals surface area contributed by atoms with Crippen LogP contribution >= 0.6 is 0 Å². The standard InChI is InChI=1S/C29H32N6O/c1-22-9-6-10-23(2)28(22)35-29(30-31-32-35)27-21-33(16-8-14-24-11-4-3-5-12-24)17-18-34(27)20-25-13-7-15-26(36)19-25/h3-15,19,27,36H,16-18,20-21H2,1-2H3. The van der Waals surface area contributed by atoms with Gasteiger partial charge in [-0.2, -0.15) is 4.68 Å². The predicted molar refractivity (Wildman–Crippen MR) is 142 cm³/mol. The normalized spacial score (nSPS) is 17.1. The molecule has 1 unspecified atom stereocenters. The minimum absolute atomic E-state index is 0.000213. The highest BCUT2D eigenvalue weighted by Crippen LogP contribution is 2.29. The average Bonchev–Trinajstić information content (AvgIpc) is 3.35. The van der Waals surface area contributed by atoms with Crippen molar-refractivity contribution in [3.63, 3.8) is 0 Å². The van der Waals surface area contributed by atoms with Crippen LogP contribution in [0.5, 0.6) is 5.75 Å². The summed E-state index contributed by atoms with van der Waals surface area (Å²) in [5.41, 5.74) is 5.60. The van der Waals surface area contributed by atoms with Crippen LogP contribution in [0.15, 0.2) is 78.9 Å². The predicted octanol–water partition coefficient (Wildman–Crippen LogP) is 4.56. The quantitative estimate of drug-likeness (QED) is 0.418. The minimum Gasteiger partial charge on any atom is -0.508 e. The van der Waals surface area contributed by atoms with Crippen molar-refractivity contribution in [3.05, 3.63) is 107 Å². The highest BCUT2D eigenvalue weighted by molar-refractivity contribution is 5.49. The number of hydrogen-bond donors (Lipinski definition) is 1. The molecule has 2 heterocycles. The maximum atomic E-state index is 10.0. The maximum absolute atomic E-state index is 10.0. The first-order chi connectivity index (χ1) is 17.6. The molecule has 36 heavy (non-hydrogen) atoms. The summed E-state index contributed by atoms with van der Waals surface area (Å²) >= 11 is 0. The number of nitrogens with zero attached hydrogens (tertiary/aromatic N) is 6. The first-order valence-electron chi connectivity index (χ1n) is 12.4. The third kappa shape index (κ3) is 5.37. The van der Waals surface area contributed by atoms with Gasteiger partial charge in [0.05, 0.1) is 11.7 Å². The van der Waals surface area contributed by atoms with Crippen molar-refractivity contribution in [1.82, 2.24) is 30.0 Å². The van der Waals surface area contributed by atoms with Crippen LogP contribution in [0, 0.1) is 13.8 Å². The Hall–Kier alpha value is -3.81. The topological polar surface area (TPSA) is 70.3 Å². The van der Waals surface area contributed by atoms with Crippen LogP contribution in [-0.2, 0) is 6.54 Å². The van der Waals surface area contributed by atoms with Crippen LogP contribution in [0.1, 0.15) is 34.1 Å². The SMILES string of the molecule is Cc1cccc(C)c1-n1nnnc1C1CN(CC=Cc2ccccc2)CCN1Cc1cccc(O)c1. The fourth-order valence-corrected chi connectivity index (χ4v) is 4.97. The zero-order valence-corrected chi connectivity index (χ0v) is 20.8. The van der Waals surface area contributed by atoms with Gasteiger partial charge in [-0.1, -0.05) is 72.8 Å². The van der Waals surface area contributed by atoms with Crippen molar-refractivity contribution in [2.75, 3.05) is 26.2 Å². The fourth-order valence-electron chi connectivity index (χ4n) is 4.97. The molecule has 5 rings (SSSR count). The molecular formula is C29H32N6O. The minimum atomic E-state index is 0.000213. The fraction of sp³-hybridized carbons (Fsp3) is 0.276. The molecule has 1 saturated heterocycles. The average molecular weight is 481 g/mol. The third-order valence-corrected chi connectivity index (χ3v) is 6.79. The van der Waals surface area contributed by atoms with Gasteiger partial charge in [0.1, 0.15) is 5.75 Å². The summed E-state index contributed by atoms with van der Waals surface area (Å²) in [5.74, 6) is 1.12. The lowest BCUT2D eigenvalue weighted by molar-refractivity contribution is 0.0688. The van der Waals surface area contributed by atoms with Gasteiger partial charge >= 0.3 is 0 Å². The molecule has 1 fully saturated rings. The van der Waals surface area contributed by atoms with Crippen LogP contribution in [0.2, 0.25) is 0 Å². The Kier molecular flexibility index (Phi) is 7.21. The van der Waals surface area contributed by atoms with Crippen LogP contribution in [0.25, 0.3) is 11.8 Å². The molecule has 1 aliphatic heterocycles. The van der Waals surface area contributed by atoms with E-state index in [1.165, 1.54) is 5.56 Å². The van der Waals surface area contributed by atoms with Crippen molar-refractivity contribution in [2.45, 2.75) is 26.4 Å². The monoisotopic (exact) mass is 480 g/mol. The van der Waals surface area contributed by atoms with Crippen LogP contribution in [0.3, 0.4) is 0 Å². The summed E-state index contributed by atoms with van der Waals surface area (Å²) in [7, 11) is 0. The molecule has 1 N–H and O–H groups in total. The first kappa shape index (κ1) is 23.9. The summed E-state index contributed by atoms with van der Waals surface area (Å²) in [4.78, 5) is 4.87.